The molecule has 0 aromatic heterocycles. The highest BCUT2D eigenvalue weighted by atomic mass is 16.5. The summed E-state index contributed by atoms with van der Waals surface area (Å²) >= 11 is 0. The van der Waals surface area contributed by atoms with Gasteiger partial charge in [-0.3, -0.25) is 4.79 Å². The minimum absolute atomic E-state index is 0.0855. The number of rotatable bonds is 15. The largest absolute Gasteiger partial charge is 0.496 e. The van der Waals surface area contributed by atoms with Gasteiger partial charge in [-0.25, -0.2) is 0 Å². The second-order valence-corrected chi connectivity index (χ2v) is 11.5. The normalized spacial score (nSPS) is 18.0. The summed E-state index contributed by atoms with van der Waals surface area (Å²) in [6.45, 7) is 5.75. The molecule has 2 aliphatic rings. The average molecular weight is 603 g/mol. The Labute approximate surface area is 261 Å². The van der Waals surface area contributed by atoms with Crippen molar-refractivity contribution in [3.63, 3.8) is 0 Å². The number of benzene rings is 3. The number of piperidine rings is 1. The van der Waals surface area contributed by atoms with E-state index in [-0.39, 0.29) is 12.1 Å². The fourth-order valence-corrected chi connectivity index (χ4v) is 6.10. The zero-order valence-corrected chi connectivity index (χ0v) is 26.1. The number of carbonyl (C=O) groups is 1. The lowest BCUT2D eigenvalue weighted by Gasteiger charge is -2.33. The van der Waals surface area contributed by atoms with Gasteiger partial charge in [-0.1, -0.05) is 42.5 Å². The molecule has 1 unspecified atom stereocenters. The number of carbonyl (C=O) groups excluding carboxylic acids is 1. The van der Waals surface area contributed by atoms with Crippen LogP contribution in [0.5, 0.6) is 11.5 Å². The molecule has 1 fully saturated rings. The van der Waals surface area contributed by atoms with Crippen LogP contribution >= 0.6 is 0 Å². The van der Waals surface area contributed by atoms with Crippen molar-refractivity contribution in [3.8, 4) is 11.5 Å². The Bertz CT molecular complexity index is 1330. The maximum Gasteiger partial charge on any atom is 0.307 e. The van der Waals surface area contributed by atoms with Crippen molar-refractivity contribution in [2.24, 2.45) is 0 Å². The summed E-state index contributed by atoms with van der Waals surface area (Å²) in [6, 6.07) is 23.1. The van der Waals surface area contributed by atoms with Crippen molar-refractivity contribution < 1.29 is 28.5 Å². The minimum atomic E-state index is -0.169. The number of ether oxygens (including phenoxy) is 5. The molecule has 5 rings (SSSR count). The van der Waals surface area contributed by atoms with Gasteiger partial charge in [0, 0.05) is 43.2 Å². The second kappa shape index (κ2) is 16.5. The highest BCUT2D eigenvalue weighted by Gasteiger charge is 2.27. The first kappa shape index (κ1) is 31.8. The van der Waals surface area contributed by atoms with Gasteiger partial charge in [-0.05, 0) is 66.8 Å². The zero-order chi connectivity index (χ0) is 30.6. The molecule has 1 N–H and O–H groups in total. The average Bonchev–Trinajstić information content (AvgIpc) is 3.08. The van der Waals surface area contributed by atoms with E-state index in [0.717, 1.165) is 67.9 Å². The third-order valence-electron chi connectivity index (χ3n) is 8.53. The lowest BCUT2D eigenvalue weighted by atomic mass is 9.87. The predicted octanol–water partition coefficient (Wildman–Crippen LogP) is 5.66. The van der Waals surface area contributed by atoms with Gasteiger partial charge in [0.1, 0.15) is 11.5 Å². The molecule has 0 amide bonds. The van der Waals surface area contributed by atoms with Gasteiger partial charge < -0.3 is 33.9 Å². The Morgan fingerprint density at radius 2 is 1.86 bits per heavy atom. The number of aryl methyl sites for hydroxylation is 1. The number of methoxy groups -OCH3 is 2. The second-order valence-electron chi connectivity index (χ2n) is 11.5. The van der Waals surface area contributed by atoms with E-state index in [1.165, 1.54) is 23.9 Å². The van der Waals surface area contributed by atoms with Gasteiger partial charge in [0.2, 0.25) is 0 Å². The van der Waals surface area contributed by atoms with Crippen LogP contribution in [0.4, 0.5) is 5.69 Å². The number of anilines is 1. The lowest BCUT2D eigenvalue weighted by molar-refractivity contribution is -0.140. The summed E-state index contributed by atoms with van der Waals surface area (Å²) in [5.41, 5.74) is 6.05. The van der Waals surface area contributed by atoms with E-state index in [1.807, 2.05) is 24.3 Å². The maximum absolute atomic E-state index is 11.7. The van der Waals surface area contributed by atoms with Crippen molar-refractivity contribution in [3.05, 3.63) is 89.0 Å². The van der Waals surface area contributed by atoms with Gasteiger partial charge in [-0.15, -0.1) is 0 Å². The van der Waals surface area contributed by atoms with E-state index < -0.39 is 0 Å². The molecule has 3 aromatic rings. The number of esters is 1. The molecule has 2 aliphatic heterocycles. The maximum atomic E-state index is 11.7. The first-order chi connectivity index (χ1) is 21.6. The Kier molecular flexibility index (Phi) is 11.9. The smallest absolute Gasteiger partial charge is 0.307 e. The molecule has 1 saturated heterocycles. The molecule has 8 heteroatoms. The molecule has 8 nitrogen and oxygen atoms in total. The standard InChI is InChI=1S/C36H46N2O6/c1-40-34-9-4-3-7-30(34)26-42-21-6-22-43-31-14-12-28(13-15-31)32-16-18-37-24-35(32)44-25-27-10-11-29-8-5-19-38(33(29)23-27)20-17-36(39)41-2/h3-4,7,9-15,23,32,35,37H,5-6,8,16-22,24-26H2,1-2H3/t32-,35?/m1/s1. The van der Waals surface area contributed by atoms with Crippen molar-refractivity contribution >= 4 is 11.7 Å². The van der Waals surface area contributed by atoms with Crippen molar-refractivity contribution in [1.29, 1.82) is 0 Å². The van der Waals surface area contributed by atoms with Crippen molar-refractivity contribution in [2.75, 3.05) is 58.5 Å². The highest BCUT2D eigenvalue weighted by molar-refractivity contribution is 5.70. The lowest BCUT2D eigenvalue weighted by Crippen LogP contribution is -2.41. The fraction of sp³-hybridized carbons (Fsp3) is 0.472. The summed E-state index contributed by atoms with van der Waals surface area (Å²) in [4.78, 5) is 14.0. The Morgan fingerprint density at radius 1 is 1.00 bits per heavy atom. The molecular weight excluding hydrogens is 556 g/mol. The number of hydrogen-bond donors (Lipinski definition) is 1. The van der Waals surface area contributed by atoms with Crippen LogP contribution in [0.3, 0.4) is 0 Å². The number of nitrogens with zero attached hydrogens (tertiary/aromatic N) is 1. The minimum Gasteiger partial charge on any atom is -0.496 e. The summed E-state index contributed by atoms with van der Waals surface area (Å²) in [5, 5.41) is 3.51. The molecule has 44 heavy (non-hydrogen) atoms. The van der Waals surface area contributed by atoms with E-state index in [2.05, 4.69) is 52.7 Å². The van der Waals surface area contributed by atoms with E-state index in [4.69, 9.17) is 23.7 Å². The van der Waals surface area contributed by atoms with Crippen LogP contribution < -0.4 is 19.7 Å². The number of para-hydroxylation sites is 1. The topological polar surface area (TPSA) is 78.5 Å². The Morgan fingerprint density at radius 3 is 2.70 bits per heavy atom. The van der Waals surface area contributed by atoms with E-state index in [9.17, 15) is 4.79 Å². The van der Waals surface area contributed by atoms with E-state index in [1.54, 1.807) is 7.11 Å². The van der Waals surface area contributed by atoms with Gasteiger partial charge >= 0.3 is 5.97 Å². The van der Waals surface area contributed by atoms with Crippen molar-refractivity contribution in [2.45, 2.75) is 57.3 Å². The predicted molar refractivity (Wildman–Crippen MR) is 172 cm³/mol. The summed E-state index contributed by atoms with van der Waals surface area (Å²) in [7, 11) is 3.12. The first-order valence-electron chi connectivity index (χ1n) is 15.8. The molecule has 2 heterocycles. The molecule has 0 radical (unpaired) electrons. The molecular formula is C36H46N2O6. The van der Waals surface area contributed by atoms with Gasteiger partial charge in [-0.2, -0.15) is 0 Å². The van der Waals surface area contributed by atoms with E-state index in [0.29, 0.717) is 45.3 Å². The monoisotopic (exact) mass is 602 g/mol. The molecule has 0 aliphatic carbocycles. The van der Waals surface area contributed by atoms with Crippen molar-refractivity contribution in [1.82, 2.24) is 5.32 Å². The molecule has 236 valence electrons. The van der Waals surface area contributed by atoms with Crippen LogP contribution in [-0.2, 0) is 38.6 Å². The SMILES string of the molecule is COC(=O)CCN1CCCc2ccc(COC3CNCC[C@@H]3c3ccc(OCCCOCc4ccccc4OC)cc3)cc21. The third-order valence-corrected chi connectivity index (χ3v) is 8.53. The van der Waals surface area contributed by atoms with Crippen LogP contribution in [0, 0.1) is 0 Å². The molecule has 0 bridgehead atoms. The highest BCUT2D eigenvalue weighted by Crippen LogP contribution is 2.32. The van der Waals surface area contributed by atoms with Gasteiger partial charge in [0.25, 0.3) is 0 Å². The summed E-state index contributed by atoms with van der Waals surface area (Å²) < 4.78 is 28.6. The molecule has 3 aromatic carbocycles. The first-order valence-corrected chi connectivity index (χ1v) is 15.8. The van der Waals surface area contributed by atoms with Crippen LogP contribution in [-0.4, -0.2) is 65.7 Å². The molecule has 2 atom stereocenters. The van der Waals surface area contributed by atoms with Crippen LogP contribution in [0.25, 0.3) is 0 Å². The van der Waals surface area contributed by atoms with E-state index >= 15 is 0 Å². The van der Waals surface area contributed by atoms with Gasteiger partial charge in [0.05, 0.1) is 53.2 Å². The molecule has 0 saturated carbocycles. The Balaban J connectivity index is 1.09. The summed E-state index contributed by atoms with van der Waals surface area (Å²) in [5.74, 6) is 1.88. The molecule has 0 spiro atoms. The number of hydrogen-bond acceptors (Lipinski definition) is 8. The van der Waals surface area contributed by atoms with Crippen LogP contribution in [0.1, 0.15) is 53.9 Å². The summed E-state index contributed by atoms with van der Waals surface area (Å²) in [6.07, 6.45) is 4.49. The number of nitrogens with one attached hydrogen (secondary N) is 1. The third kappa shape index (κ3) is 8.74. The Hall–Kier alpha value is -3.59. The fourth-order valence-electron chi connectivity index (χ4n) is 6.10. The van der Waals surface area contributed by atoms with Crippen LogP contribution in [0.2, 0.25) is 0 Å². The van der Waals surface area contributed by atoms with Gasteiger partial charge in [0.15, 0.2) is 0 Å². The van der Waals surface area contributed by atoms with Crippen LogP contribution in [0.15, 0.2) is 66.7 Å². The quantitative estimate of drug-likeness (QED) is 0.176. The zero-order valence-electron chi connectivity index (χ0n) is 26.1. The number of fused-ring (bicyclic) bond motifs is 1.